The molecule has 0 saturated carbocycles. The summed E-state index contributed by atoms with van der Waals surface area (Å²) in [5.74, 6) is 0.623. The Bertz CT molecular complexity index is 676. The highest BCUT2D eigenvalue weighted by Crippen LogP contribution is 2.24. The van der Waals surface area contributed by atoms with Gasteiger partial charge in [-0.25, -0.2) is 9.48 Å². The number of aliphatic hydroxyl groups is 1. The van der Waals surface area contributed by atoms with Crippen LogP contribution in [-0.4, -0.2) is 33.1 Å². The SMILES string of the molecule is CCC(C)(CO)NC(=O)Nc1cc(-c2ccccc2)nn1C(C)C. The topological polar surface area (TPSA) is 79.2 Å². The van der Waals surface area contributed by atoms with Gasteiger partial charge in [-0.1, -0.05) is 37.3 Å². The van der Waals surface area contributed by atoms with E-state index in [9.17, 15) is 9.90 Å². The maximum Gasteiger partial charge on any atom is 0.320 e. The Kier molecular flexibility index (Phi) is 5.62. The van der Waals surface area contributed by atoms with Gasteiger partial charge in [-0.3, -0.25) is 5.32 Å². The molecule has 1 atom stereocenters. The molecule has 1 aromatic heterocycles. The average molecular weight is 330 g/mol. The first kappa shape index (κ1) is 18.0. The fourth-order valence-electron chi connectivity index (χ4n) is 2.29. The van der Waals surface area contributed by atoms with E-state index in [4.69, 9.17) is 0 Å². The second-order valence-corrected chi connectivity index (χ2v) is 6.47. The van der Waals surface area contributed by atoms with E-state index >= 15 is 0 Å². The summed E-state index contributed by atoms with van der Waals surface area (Å²) in [4.78, 5) is 12.3. The van der Waals surface area contributed by atoms with Crippen molar-refractivity contribution in [3.05, 3.63) is 36.4 Å². The van der Waals surface area contributed by atoms with Crippen LogP contribution in [-0.2, 0) is 0 Å². The van der Waals surface area contributed by atoms with Crippen molar-refractivity contribution < 1.29 is 9.90 Å². The highest BCUT2D eigenvalue weighted by atomic mass is 16.3. The maximum absolute atomic E-state index is 12.3. The Hall–Kier alpha value is -2.34. The number of aliphatic hydroxyl groups excluding tert-OH is 1. The molecule has 6 nitrogen and oxygen atoms in total. The van der Waals surface area contributed by atoms with Crippen LogP contribution < -0.4 is 10.6 Å². The van der Waals surface area contributed by atoms with E-state index in [1.807, 2.05) is 64.1 Å². The number of nitrogens with zero attached hydrogens (tertiary/aromatic N) is 2. The lowest BCUT2D eigenvalue weighted by Crippen LogP contribution is -2.50. The molecule has 1 heterocycles. The van der Waals surface area contributed by atoms with Gasteiger partial charge in [-0.2, -0.15) is 5.10 Å². The van der Waals surface area contributed by atoms with Crippen LogP contribution in [0.15, 0.2) is 36.4 Å². The number of carbonyl (C=O) groups is 1. The molecule has 2 rings (SSSR count). The van der Waals surface area contributed by atoms with E-state index < -0.39 is 5.54 Å². The van der Waals surface area contributed by atoms with Gasteiger partial charge in [-0.05, 0) is 27.2 Å². The van der Waals surface area contributed by atoms with Crippen molar-refractivity contribution in [2.75, 3.05) is 11.9 Å². The Balaban J connectivity index is 2.23. The largest absolute Gasteiger partial charge is 0.394 e. The molecule has 0 fully saturated rings. The zero-order valence-corrected chi connectivity index (χ0v) is 14.7. The lowest BCUT2D eigenvalue weighted by atomic mass is 10.0. The molecule has 24 heavy (non-hydrogen) atoms. The number of benzene rings is 1. The number of hydrogen-bond donors (Lipinski definition) is 3. The third kappa shape index (κ3) is 4.14. The van der Waals surface area contributed by atoms with Gasteiger partial charge < -0.3 is 10.4 Å². The van der Waals surface area contributed by atoms with Gasteiger partial charge in [0.25, 0.3) is 0 Å². The van der Waals surface area contributed by atoms with Crippen LogP contribution in [0, 0.1) is 0 Å². The molecule has 0 aliphatic carbocycles. The first-order chi connectivity index (χ1) is 11.4. The van der Waals surface area contributed by atoms with Crippen LogP contribution in [0.25, 0.3) is 11.3 Å². The highest BCUT2D eigenvalue weighted by molar-refractivity contribution is 5.89. The van der Waals surface area contributed by atoms with Gasteiger partial charge in [0.1, 0.15) is 5.82 Å². The minimum atomic E-state index is -0.644. The van der Waals surface area contributed by atoms with E-state index in [0.717, 1.165) is 11.3 Å². The monoisotopic (exact) mass is 330 g/mol. The third-order valence-electron chi connectivity index (χ3n) is 4.08. The molecule has 3 N–H and O–H groups in total. The summed E-state index contributed by atoms with van der Waals surface area (Å²) < 4.78 is 1.78. The fourth-order valence-corrected chi connectivity index (χ4v) is 2.29. The minimum absolute atomic E-state index is 0.105. The van der Waals surface area contributed by atoms with E-state index in [2.05, 4.69) is 15.7 Å². The predicted octanol–water partition coefficient (Wildman–Crippen LogP) is 3.41. The number of urea groups is 1. The quantitative estimate of drug-likeness (QED) is 0.759. The zero-order chi connectivity index (χ0) is 17.7. The average Bonchev–Trinajstić information content (AvgIpc) is 2.99. The van der Waals surface area contributed by atoms with Gasteiger partial charge >= 0.3 is 6.03 Å². The number of carbonyl (C=O) groups excluding carboxylic acids is 1. The van der Waals surface area contributed by atoms with Crippen molar-refractivity contribution in [1.82, 2.24) is 15.1 Å². The van der Waals surface area contributed by atoms with E-state index in [-0.39, 0.29) is 18.7 Å². The summed E-state index contributed by atoms with van der Waals surface area (Å²) in [5, 5.41) is 19.7. The second kappa shape index (κ2) is 7.49. The van der Waals surface area contributed by atoms with Gasteiger partial charge in [-0.15, -0.1) is 0 Å². The van der Waals surface area contributed by atoms with Crippen LogP contribution in [0.4, 0.5) is 10.6 Å². The van der Waals surface area contributed by atoms with E-state index in [1.165, 1.54) is 0 Å². The number of nitrogens with one attached hydrogen (secondary N) is 2. The van der Waals surface area contributed by atoms with Gasteiger partial charge in [0.05, 0.1) is 17.8 Å². The van der Waals surface area contributed by atoms with Gasteiger partial charge in [0.15, 0.2) is 0 Å². The molecule has 0 radical (unpaired) electrons. The van der Waals surface area contributed by atoms with Gasteiger partial charge in [0, 0.05) is 17.7 Å². The lowest BCUT2D eigenvalue weighted by Gasteiger charge is -2.27. The summed E-state index contributed by atoms with van der Waals surface area (Å²) in [6.07, 6.45) is 0.635. The zero-order valence-electron chi connectivity index (χ0n) is 14.7. The molecular formula is C18H26N4O2. The Morgan fingerprint density at radius 3 is 2.54 bits per heavy atom. The number of amides is 2. The third-order valence-corrected chi connectivity index (χ3v) is 4.08. The van der Waals surface area contributed by atoms with Crippen LogP contribution in [0.3, 0.4) is 0 Å². The summed E-state index contributed by atoms with van der Waals surface area (Å²) >= 11 is 0. The molecule has 0 aliphatic heterocycles. The predicted molar refractivity (Wildman–Crippen MR) is 96.0 cm³/mol. The van der Waals surface area contributed by atoms with Crippen molar-refractivity contribution in [2.45, 2.75) is 45.7 Å². The van der Waals surface area contributed by atoms with Crippen molar-refractivity contribution >= 4 is 11.8 Å². The summed E-state index contributed by atoms with van der Waals surface area (Å²) in [6, 6.07) is 11.4. The van der Waals surface area contributed by atoms with Crippen LogP contribution in [0.2, 0.25) is 0 Å². The number of hydrogen-bond acceptors (Lipinski definition) is 3. The van der Waals surface area contributed by atoms with E-state index in [1.54, 1.807) is 4.68 Å². The smallest absolute Gasteiger partial charge is 0.320 e. The summed E-state index contributed by atoms with van der Waals surface area (Å²) in [5.41, 5.74) is 1.16. The molecule has 6 heteroatoms. The molecule has 0 bridgehead atoms. The maximum atomic E-state index is 12.3. The Labute approximate surface area is 142 Å². The summed E-state index contributed by atoms with van der Waals surface area (Å²) in [7, 11) is 0. The molecule has 1 aromatic carbocycles. The van der Waals surface area contributed by atoms with E-state index in [0.29, 0.717) is 12.2 Å². The standard InChI is InChI=1S/C18H26N4O2/c1-5-18(4,12-23)20-17(24)19-16-11-15(21-22(16)13(2)3)14-9-7-6-8-10-14/h6-11,13,23H,5,12H2,1-4H3,(H2,19,20,24). The molecule has 2 aromatic rings. The number of aromatic nitrogens is 2. The molecule has 130 valence electrons. The number of anilines is 1. The minimum Gasteiger partial charge on any atom is -0.394 e. The first-order valence-electron chi connectivity index (χ1n) is 8.23. The fraction of sp³-hybridized carbons (Fsp3) is 0.444. The molecule has 0 aliphatic rings. The lowest BCUT2D eigenvalue weighted by molar-refractivity contribution is 0.172. The van der Waals surface area contributed by atoms with Crippen molar-refractivity contribution in [1.29, 1.82) is 0 Å². The molecule has 0 saturated heterocycles. The molecule has 1 unspecified atom stereocenters. The highest BCUT2D eigenvalue weighted by Gasteiger charge is 2.24. The van der Waals surface area contributed by atoms with Crippen molar-refractivity contribution in [2.24, 2.45) is 0 Å². The van der Waals surface area contributed by atoms with Gasteiger partial charge in [0.2, 0.25) is 0 Å². The molecule has 0 spiro atoms. The Morgan fingerprint density at radius 2 is 2.00 bits per heavy atom. The normalized spacial score (nSPS) is 13.6. The van der Waals surface area contributed by atoms with Crippen LogP contribution in [0.1, 0.15) is 40.2 Å². The number of rotatable bonds is 6. The first-order valence-corrected chi connectivity index (χ1v) is 8.23. The summed E-state index contributed by atoms with van der Waals surface area (Å²) in [6.45, 7) is 7.63. The molecular weight excluding hydrogens is 304 g/mol. The Morgan fingerprint density at radius 1 is 1.33 bits per heavy atom. The van der Waals surface area contributed by atoms with Crippen LogP contribution >= 0.6 is 0 Å². The van der Waals surface area contributed by atoms with Crippen molar-refractivity contribution in [3.8, 4) is 11.3 Å². The van der Waals surface area contributed by atoms with Crippen molar-refractivity contribution in [3.63, 3.8) is 0 Å². The van der Waals surface area contributed by atoms with Crippen LogP contribution in [0.5, 0.6) is 0 Å². The second-order valence-electron chi connectivity index (χ2n) is 6.47. The molecule has 2 amide bonds.